The van der Waals surface area contributed by atoms with Crippen molar-refractivity contribution in [2.24, 2.45) is 0 Å². The molecule has 0 amide bonds. The number of nitro benzene ring substituents is 1. The summed E-state index contributed by atoms with van der Waals surface area (Å²) in [4.78, 5) is 14.4. The van der Waals surface area contributed by atoms with Crippen LogP contribution in [0.1, 0.15) is 5.01 Å². The SMILES string of the molecule is N#CCc1nc(-c2cccc([N+](=O)[O-])c2)cs1. The van der Waals surface area contributed by atoms with Gasteiger partial charge in [-0.05, 0) is 0 Å². The molecule has 0 bridgehead atoms. The molecule has 84 valence electrons. The van der Waals surface area contributed by atoms with Crippen LogP contribution in [0.15, 0.2) is 29.6 Å². The Labute approximate surface area is 101 Å². The van der Waals surface area contributed by atoms with Gasteiger partial charge in [0.05, 0.1) is 23.1 Å². The van der Waals surface area contributed by atoms with E-state index in [-0.39, 0.29) is 12.1 Å². The normalized spacial score (nSPS) is 9.82. The number of hydrogen-bond donors (Lipinski definition) is 0. The van der Waals surface area contributed by atoms with Crippen molar-refractivity contribution in [2.75, 3.05) is 0 Å². The molecular weight excluding hydrogens is 238 g/mol. The molecule has 2 aromatic rings. The predicted octanol–water partition coefficient (Wildman–Crippen LogP) is 2.78. The molecule has 0 saturated carbocycles. The van der Waals surface area contributed by atoms with Gasteiger partial charge in [0.2, 0.25) is 0 Å². The highest BCUT2D eigenvalue weighted by molar-refractivity contribution is 7.10. The predicted molar refractivity (Wildman–Crippen MR) is 63.5 cm³/mol. The lowest BCUT2D eigenvalue weighted by molar-refractivity contribution is -0.384. The van der Waals surface area contributed by atoms with E-state index in [0.717, 1.165) is 0 Å². The first-order valence-electron chi connectivity index (χ1n) is 4.77. The van der Waals surface area contributed by atoms with E-state index in [0.29, 0.717) is 16.3 Å². The van der Waals surface area contributed by atoms with E-state index in [1.807, 2.05) is 6.07 Å². The highest BCUT2D eigenvalue weighted by Gasteiger charge is 2.09. The van der Waals surface area contributed by atoms with Gasteiger partial charge >= 0.3 is 0 Å². The van der Waals surface area contributed by atoms with E-state index < -0.39 is 4.92 Å². The lowest BCUT2D eigenvalue weighted by atomic mass is 10.1. The molecule has 0 radical (unpaired) electrons. The van der Waals surface area contributed by atoms with Crippen LogP contribution in [0.3, 0.4) is 0 Å². The zero-order chi connectivity index (χ0) is 12.3. The highest BCUT2D eigenvalue weighted by Crippen LogP contribution is 2.25. The number of non-ortho nitro benzene ring substituents is 1. The molecule has 6 heteroatoms. The minimum atomic E-state index is -0.438. The second-order valence-electron chi connectivity index (χ2n) is 3.27. The molecule has 0 spiro atoms. The Hall–Kier alpha value is -2.26. The van der Waals surface area contributed by atoms with Crippen molar-refractivity contribution in [2.45, 2.75) is 6.42 Å². The quantitative estimate of drug-likeness (QED) is 0.615. The third-order valence-corrected chi connectivity index (χ3v) is 2.98. The number of benzene rings is 1. The molecule has 0 atom stereocenters. The van der Waals surface area contributed by atoms with Gasteiger partial charge in [0.1, 0.15) is 5.01 Å². The van der Waals surface area contributed by atoms with Crippen LogP contribution in [0.5, 0.6) is 0 Å². The van der Waals surface area contributed by atoms with Crippen LogP contribution >= 0.6 is 11.3 Å². The Kier molecular flexibility index (Phi) is 3.12. The molecule has 0 saturated heterocycles. The van der Waals surface area contributed by atoms with Gasteiger partial charge in [0, 0.05) is 23.1 Å². The van der Waals surface area contributed by atoms with Crippen molar-refractivity contribution in [1.82, 2.24) is 4.98 Å². The minimum absolute atomic E-state index is 0.0392. The second kappa shape index (κ2) is 4.72. The summed E-state index contributed by atoms with van der Waals surface area (Å²) in [5, 5.41) is 21.7. The lowest BCUT2D eigenvalue weighted by Gasteiger charge is -1.96. The number of rotatable bonds is 3. The Balaban J connectivity index is 2.36. The topological polar surface area (TPSA) is 79.8 Å². The van der Waals surface area contributed by atoms with E-state index in [9.17, 15) is 10.1 Å². The molecular formula is C11H7N3O2S. The first-order valence-corrected chi connectivity index (χ1v) is 5.65. The summed E-state index contributed by atoms with van der Waals surface area (Å²) in [5.41, 5.74) is 1.40. The van der Waals surface area contributed by atoms with Gasteiger partial charge in [-0.1, -0.05) is 12.1 Å². The molecule has 1 aromatic carbocycles. The van der Waals surface area contributed by atoms with Gasteiger partial charge in [-0.25, -0.2) is 4.98 Å². The summed E-state index contributed by atoms with van der Waals surface area (Å²) < 4.78 is 0. The third-order valence-electron chi connectivity index (χ3n) is 2.13. The number of nitrogens with zero attached hydrogens (tertiary/aromatic N) is 3. The minimum Gasteiger partial charge on any atom is -0.258 e. The smallest absolute Gasteiger partial charge is 0.258 e. The number of nitriles is 1. The fourth-order valence-electron chi connectivity index (χ4n) is 1.37. The van der Waals surface area contributed by atoms with Gasteiger partial charge in [-0.2, -0.15) is 5.26 Å². The number of aromatic nitrogens is 1. The molecule has 17 heavy (non-hydrogen) atoms. The molecule has 0 unspecified atom stereocenters. The van der Waals surface area contributed by atoms with E-state index in [1.165, 1.54) is 23.5 Å². The fourth-order valence-corrected chi connectivity index (χ4v) is 2.11. The first kappa shape index (κ1) is 11.2. The molecule has 2 rings (SSSR count). The number of hydrogen-bond acceptors (Lipinski definition) is 5. The van der Waals surface area contributed by atoms with E-state index in [2.05, 4.69) is 4.98 Å². The van der Waals surface area contributed by atoms with Gasteiger partial charge in [0.25, 0.3) is 5.69 Å². The van der Waals surface area contributed by atoms with Crippen molar-refractivity contribution < 1.29 is 4.92 Å². The zero-order valence-corrected chi connectivity index (χ0v) is 9.48. The van der Waals surface area contributed by atoms with Crippen molar-refractivity contribution in [3.8, 4) is 17.3 Å². The van der Waals surface area contributed by atoms with Crippen LogP contribution in [0, 0.1) is 21.4 Å². The first-order chi connectivity index (χ1) is 8.20. The van der Waals surface area contributed by atoms with Crippen molar-refractivity contribution >= 4 is 17.0 Å². The molecule has 0 aliphatic heterocycles. The molecule has 5 nitrogen and oxygen atoms in total. The third kappa shape index (κ3) is 2.46. The van der Waals surface area contributed by atoms with Crippen LogP contribution in [-0.2, 0) is 6.42 Å². The second-order valence-corrected chi connectivity index (χ2v) is 4.21. The Morgan fingerprint density at radius 2 is 2.35 bits per heavy atom. The summed E-state index contributed by atoms with van der Waals surface area (Å²) in [5.74, 6) is 0. The average molecular weight is 245 g/mol. The Bertz CT molecular complexity index is 601. The summed E-state index contributed by atoms with van der Waals surface area (Å²) >= 11 is 1.38. The summed E-state index contributed by atoms with van der Waals surface area (Å²) in [7, 11) is 0. The molecule has 0 N–H and O–H groups in total. The van der Waals surface area contributed by atoms with Crippen LogP contribution in [0.2, 0.25) is 0 Å². The molecule has 0 fully saturated rings. The summed E-state index contributed by atoms with van der Waals surface area (Å²) in [6.45, 7) is 0. The maximum absolute atomic E-state index is 10.6. The largest absolute Gasteiger partial charge is 0.270 e. The fraction of sp³-hybridized carbons (Fsp3) is 0.0909. The molecule has 0 aliphatic carbocycles. The zero-order valence-electron chi connectivity index (χ0n) is 8.66. The van der Waals surface area contributed by atoms with E-state index >= 15 is 0 Å². The van der Waals surface area contributed by atoms with Gasteiger partial charge in [-0.3, -0.25) is 10.1 Å². The Morgan fingerprint density at radius 3 is 3.06 bits per heavy atom. The molecule has 1 heterocycles. The summed E-state index contributed by atoms with van der Waals surface area (Å²) in [6.07, 6.45) is 0.263. The monoisotopic (exact) mass is 245 g/mol. The van der Waals surface area contributed by atoms with E-state index in [4.69, 9.17) is 5.26 Å². The number of thiazole rings is 1. The standard InChI is InChI=1S/C11H7N3O2S/c12-5-4-11-13-10(7-17-11)8-2-1-3-9(6-8)14(15)16/h1-3,6-7H,4H2. The number of nitro groups is 1. The van der Waals surface area contributed by atoms with Crippen molar-refractivity contribution in [3.63, 3.8) is 0 Å². The van der Waals surface area contributed by atoms with Crippen molar-refractivity contribution in [3.05, 3.63) is 44.8 Å². The van der Waals surface area contributed by atoms with Crippen LogP contribution < -0.4 is 0 Å². The van der Waals surface area contributed by atoms with Crippen LogP contribution in [-0.4, -0.2) is 9.91 Å². The van der Waals surface area contributed by atoms with Crippen LogP contribution in [0.4, 0.5) is 5.69 Å². The van der Waals surface area contributed by atoms with Gasteiger partial charge in [-0.15, -0.1) is 11.3 Å². The lowest BCUT2D eigenvalue weighted by Crippen LogP contribution is -1.88. The highest BCUT2D eigenvalue weighted by atomic mass is 32.1. The Morgan fingerprint density at radius 1 is 1.53 bits per heavy atom. The average Bonchev–Trinajstić information content (AvgIpc) is 2.78. The summed E-state index contributed by atoms with van der Waals surface area (Å²) in [6, 6.07) is 8.32. The van der Waals surface area contributed by atoms with E-state index in [1.54, 1.807) is 17.5 Å². The molecule has 1 aromatic heterocycles. The maximum atomic E-state index is 10.6. The molecule has 0 aliphatic rings. The van der Waals surface area contributed by atoms with Gasteiger partial charge in [0.15, 0.2) is 0 Å². The maximum Gasteiger partial charge on any atom is 0.270 e. The van der Waals surface area contributed by atoms with Crippen LogP contribution in [0.25, 0.3) is 11.3 Å². The van der Waals surface area contributed by atoms with Gasteiger partial charge < -0.3 is 0 Å². The van der Waals surface area contributed by atoms with Crippen molar-refractivity contribution in [1.29, 1.82) is 5.26 Å².